The summed E-state index contributed by atoms with van der Waals surface area (Å²) >= 11 is 1.65. The summed E-state index contributed by atoms with van der Waals surface area (Å²) in [6.07, 6.45) is 10.1. The summed E-state index contributed by atoms with van der Waals surface area (Å²) in [5, 5.41) is 4.35. The molecule has 0 unspecified atom stereocenters. The highest BCUT2D eigenvalue weighted by Crippen LogP contribution is 2.40. The number of carbonyl (C=O) groups excluding carboxylic acids is 1. The van der Waals surface area contributed by atoms with Crippen LogP contribution in [0.1, 0.15) is 46.3 Å². The average molecular weight is 300 g/mol. The Kier molecular flexibility index (Phi) is 3.21. The van der Waals surface area contributed by atoms with E-state index in [1.807, 2.05) is 0 Å². The summed E-state index contributed by atoms with van der Waals surface area (Å²) < 4.78 is 0. The zero-order valence-electron chi connectivity index (χ0n) is 12.3. The third-order valence-corrected chi connectivity index (χ3v) is 6.25. The molecule has 0 saturated heterocycles. The second-order valence-electron chi connectivity index (χ2n) is 6.59. The Morgan fingerprint density at radius 3 is 3.19 bits per heavy atom. The van der Waals surface area contributed by atoms with Gasteiger partial charge >= 0.3 is 0 Å². The van der Waals surface area contributed by atoms with Gasteiger partial charge in [-0.2, -0.15) is 5.10 Å². The Morgan fingerprint density at radius 2 is 2.33 bits per heavy atom. The van der Waals surface area contributed by atoms with Crippen LogP contribution in [0.3, 0.4) is 0 Å². The first-order valence-electron chi connectivity index (χ1n) is 7.85. The monoisotopic (exact) mass is 300 g/mol. The lowest BCUT2D eigenvalue weighted by Crippen LogP contribution is -2.35. The maximum atomic E-state index is 12.3. The van der Waals surface area contributed by atoms with Gasteiger partial charge in [0, 0.05) is 16.5 Å². The van der Waals surface area contributed by atoms with Crippen molar-refractivity contribution in [3.63, 3.8) is 0 Å². The SMILES string of the molecule is C[C@@H]1CCc2sc(C(=O)N/N=C3/C[C@@H]4C=CC[C@H]34)cc2C1. The zero-order valence-corrected chi connectivity index (χ0v) is 13.1. The van der Waals surface area contributed by atoms with Gasteiger partial charge in [-0.25, -0.2) is 5.43 Å². The molecular weight excluding hydrogens is 280 g/mol. The molecular formula is C17H20N2OS. The number of amides is 1. The van der Waals surface area contributed by atoms with Gasteiger partial charge in [0.05, 0.1) is 4.88 Å². The number of aryl methyl sites for hydroxylation is 1. The minimum atomic E-state index is -0.0380. The topological polar surface area (TPSA) is 41.5 Å². The Hall–Kier alpha value is -1.42. The van der Waals surface area contributed by atoms with Crippen molar-refractivity contribution < 1.29 is 4.79 Å². The average Bonchev–Trinajstić information content (AvgIpc) is 3.02. The van der Waals surface area contributed by atoms with Gasteiger partial charge < -0.3 is 0 Å². The van der Waals surface area contributed by atoms with Crippen molar-refractivity contribution in [2.45, 2.75) is 39.0 Å². The zero-order chi connectivity index (χ0) is 14.4. The predicted octanol–water partition coefficient (Wildman–Crippen LogP) is 3.55. The Morgan fingerprint density at radius 1 is 1.43 bits per heavy atom. The molecule has 1 saturated carbocycles. The van der Waals surface area contributed by atoms with Crippen molar-refractivity contribution >= 4 is 23.0 Å². The minimum absolute atomic E-state index is 0.0380. The van der Waals surface area contributed by atoms with Crippen molar-refractivity contribution in [1.82, 2.24) is 5.43 Å². The van der Waals surface area contributed by atoms with E-state index in [0.717, 1.165) is 42.2 Å². The van der Waals surface area contributed by atoms with Crippen LogP contribution in [-0.2, 0) is 12.8 Å². The number of thiophene rings is 1. The maximum absolute atomic E-state index is 12.3. The van der Waals surface area contributed by atoms with Crippen LogP contribution < -0.4 is 5.43 Å². The van der Waals surface area contributed by atoms with E-state index in [4.69, 9.17) is 0 Å². The molecule has 1 aromatic heterocycles. The molecule has 3 aliphatic rings. The fraction of sp³-hybridized carbons (Fsp3) is 0.529. The summed E-state index contributed by atoms with van der Waals surface area (Å²) in [7, 11) is 0. The van der Waals surface area contributed by atoms with Crippen LogP contribution >= 0.6 is 11.3 Å². The normalized spacial score (nSPS) is 31.7. The molecule has 3 aliphatic carbocycles. The summed E-state index contributed by atoms with van der Waals surface area (Å²) in [6, 6.07) is 2.08. The van der Waals surface area contributed by atoms with Gasteiger partial charge in [-0.1, -0.05) is 19.1 Å². The van der Waals surface area contributed by atoms with E-state index in [2.05, 4.69) is 35.7 Å². The number of hydrogen-bond acceptors (Lipinski definition) is 3. The first-order valence-corrected chi connectivity index (χ1v) is 8.67. The van der Waals surface area contributed by atoms with Crippen LogP contribution in [0, 0.1) is 17.8 Å². The molecule has 3 atom stereocenters. The van der Waals surface area contributed by atoms with Crippen molar-refractivity contribution in [3.8, 4) is 0 Å². The molecule has 1 heterocycles. The highest BCUT2D eigenvalue weighted by Gasteiger charge is 2.38. The largest absolute Gasteiger partial charge is 0.281 e. The van der Waals surface area contributed by atoms with Crippen molar-refractivity contribution in [2.75, 3.05) is 0 Å². The molecule has 4 rings (SSSR count). The van der Waals surface area contributed by atoms with E-state index in [1.54, 1.807) is 11.3 Å². The molecule has 1 amide bonds. The summed E-state index contributed by atoms with van der Waals surface area (Å²) in [5.41, 5.74) is 5.30. The minimum Gasteiger partial charge on any atom is -0.266 e. The maximum Gasteiger partial charge on any atom is 0.281 e. The second-order valence-corrected chi connectivity index (χ2v) is 7.73. The molecule has 0 spiro atoms. The van der Waals surface area contributed by atoms with Crippen LogP contribution in [-0.4, -0.2) is 11.6 Å². The number of hydrogen-bond donors (Lipinski definition) is 1. The Balaban J connectivity index is 1.43. The van der Waals surface area contributed by atoms with E-state index in [-0.39, 0.29) is 5.91 Å². The van der Waals surface area contributed by atoms with E-state index < -0.39 is 0 Å². The van der Waals surface area contributed by atoms with E-state index in [9.17, 15) is 4.79 Å². The molecule has 0 radical (unpaired) electrons. The lowest BCUT2D eigenvalue weighted by Gasteiger charge is -2.31. The van der Waals surface area contributed by atoms with Crippen LogP contribution in [0.15, 0.2) is 23.3 Å². The van der Waals surface area contributed by atoms with Gasteiger partial charge in [0.15, 0.2) is 0 Å². The number of nitrogens with one attached hydrogen (secondary N) is 1. The number of allylic oxidation sites excluding steroid dienone is 2. The van der Waals surface area contributed by atoms with E-state index >= 15 is 0 Å². The first-order chi connectivity index (χ1) is 10.2. The second kappa shape index (κ2) is 5.09. The van der Waals surface area contributed by atoms with Crippen molar-refractivity contribution in [2.24, 2.45) is 22.9 Å². The molecule has 0 aromatic carbocycles. The molecule has 0 bridgehead atoms. The standard InChI is InChI=1S/C17H20N2OS/c1-10-5-6-15-12(7-10)9-16(21-15)17(20)19-18-14-8-11-3-2-4-13(11)14/h2-3,9-11,13H,4-8H2,1H3,(H,19,20)/b18-14-/t10-,11+,13+/m1/s1. The van der Waals surface area contributed by atoms with Gasteiger partial charge in [-0.05, 0) is 55.6 Å². The molecule has 3 nitrogen and oxygen atoms in total. The Labute approximate surface area is 129 Å². The lowest BCUT2D eigenvalue weighted by molar-refractivity contribution is 0.0958. The van der Waals surface area contributed by atoms with Gasteiger partial charge in [-0.15, -0.1) is 11.3 Å². The fourth-order valence-electron chi connectivity index (χ4n) is 3.66. The molecule has 21 heavy (non-hydrogen) atoms. The summed E-state index contributed by atoms with van der Waals surface area (Å²) in [4.78, 5) is 14.5. The Bertz CT molecular complexity index is 643. The lowest BCUT2D eigenvalue weighted by atomic mass is 9.74. The van der Waals surface area contributed by atoms with E-state index in [0.29, 0.717) is 11.8 Å². The van der Waals surface area contributed by atoms with Gasteiger partial charge in [0.1, 0.15) is 0 Å². The molecule has 110 valence electrons. The quantitative estimate of drug-likeness (QED) is 0.658. The van der Waals surface area contributed by atoms with E-state index in [1.165, 1.54) is 16.9 Å². The van der Waals surface area contributed by atoms with Gasteiger partial charge in [0.2, 0.25) is 0 Å². The number of rotatable bonds is 2. The molecule has 4 heteroatoms. The predicted molar refractivity (Wildman–Crippen MR) is 85.8 cm³/mol. The summed E-state index contributed by atoms with van der Waals surface area (Å²) in [5.74, 6) is 1.94. The third-order valence-electron chi connectivity index (χ3n) is 5.02. The van der Waals surface area contributed by atoms with Gasteiger partial charge in [-0.3, -0.25) is 4.79 Å². The highest BCUT2D eigenvalue weighted by atomic mass is 32.1. The van der Waals surface area contributed by atoms with Crippen molar-refractivity contribution in [1.29, 1.82) is 0 Å². The van der Waals surface area contributed by atoms with Crippen LogP contribution in [0.4, 0.5) is 0 Å². The number of fused-ring (bicyclic) bond motifs is 2. The number of nitrogens with zero attached hydrogens (tertiary/aromatic N) is 1. The highest BCUT2D eigenvalue weighted by molar-refractivity contribution is 7.14. The first kappa shape index (κ1) is 13.3. The number of carbonyl (C=O) groups is 1. The molecule has 1 fully saturated rings. The molecule has 0 aliphatic heterocycles. The third kappa shape index (κ3) is 2.35. The molecule has 1 N–H and O–H groups in total. The van der Waals surface area contributed by atoms with Crippen molar-refractivity contribution in [3.05, 3.63) is 33.5 Å². The smallest absolute Gasteiger partial charge is 0.266 e. The van der Waals surface area contributed by atoms with Crippen LogP contribution in [0.5, 0.6) is 0 Å². The van der Waals surface area contributed by atoms with Crippen LogP contribution in [0.25, 0.3) is 0 Å². The molecule has 1 aromatic rings. The number of hydrazone groups is 1. The summed E-state index contributed by atoms with van der Waals surface area (Å²) in [6.45, 7) is 2.29. The van der Waals surface area contributed by atoms with Gasteiger partial charge in [0.25, 0.3) is 5.91 Å². The van der Waals surface area contributed by atoms with Crippen LogP contribution in [0.2, 0.25) is 0 Å². The fourth-order valence-corrected chi connectivity index (χ4v) is 4.76.